The maximum Gasteiger partial charge on any atom is 0.411 e. The van der Waals surface area contributed by atoms with Gasteiger partial charge in [0.15, 0.2) is 0 Å². The number of carbonyl (C=O) groups is 1. The van der Waals surface area contributed by atoms with Crippen LogP contribution in [0.5, 0.6) is 5.75 Å². The highest BCUT2D eigenvalue weighted by atomic mass is 16.4. The molecule has 7 nitrogen and oxygen atoms in total. The summed E-state index contributed by atoms with van der Waals surface area (Å²) in [6.07, 6.45) is -1.03. The number of aromatic amines is 1. The Morgan fingerprint density at radius 3 is 2.37 bits per heavy atom. The Kier molecular flexibility index (Phi) is 4.63. The number of amidine groups is 1. The van der Waals surface area contributed by atoms with E-state index in [1.54, 1.807) is 24.3 Å². The van der Waals surface area contributed by atoms with Crippen molar-refractivity contribution >= 4 is 28.5 Å². The predicted octanol–water partition coefficient (Wildman–Crippen LogP) is 4.61. The van der Waals surface area contributed by atoms with Crippen molar-refractivity contribution in [2.24, 2.45) is 5.73 Å². The molecule has 0 spiro atoms. The molecule has 4 aromatic rings. The van der Waals surface area contributed by atoms with Crippen molar-refractivity contribution in [3.8, 4) is 28.1 Å². The molecule has 0 aliphatic rings. The van der Waals surface area contributed by atoms with Gasteiger partial charge >= 0.3 is 6.09 Å². The molecule has 1 amide bonds. The van der Waals surface area contributed by atoms with E-state index in [-0.39, 0.29) is 11.6 Å². The Bertz CT molecular complexity index is 1280. The minimum Gasteiger partial charge on any atom is -0.507 e. The van der Waals surface area contributed by atoms with Crippen LogP contribution >= 0.6 is 0 Å². The van der Waals surface area contributed by atoms with Crippen LogP contribution in [0, 0.1) is 5.41 Å². The smallest absolute Gasteiger partial charge is 0.411 e. The van der Waals surface area contributed by atoms with Gasteiger partial charge in [0.05, 0.1) is 5.69 Å². The summed E-state index contributed by atoms with van der Waals surface area (Å²) in [7, 11) is 1.49. The number of aromatic nitrogens is 1. The zero-order chi connectivity index (χ0) is 21.4. The molecule has 3 aromatic carbocycles. The highest BCUT2D eigenvalue weighted by Gasteiger charge is 2.12. The van der Waals surface area contributed by atoms with Gasteiger partial charge in [-0.3, -0.25) is 10.3 Å². The van der Waals surface area contributed by atoms with Crippen LogP contribution in [0.4, 0.5) is 10.5 Å². The van der Waals surface area contributed by atoms with Crippen LogP contribution in [-0.4, -0.2) is 34.2 Å². The lowest BCUT2D eigenvalue weighted by atomic mass is 10.0. The molecule has 7 heteroatoms. The van der Waals surface area contributed by atoms with Gasteiger partial charge in [-0.2, -0.15) is 0 Å². The molecular formula is C23H20N4O3. The molecule has 1 heterocycles. The Balaban J connectivity index is 1.72. The van der Waals surface area contributed by atoms with Crippen LogP contribution in [0.15, 0.2) is 66.7 Å². The first kappa shape index (κ1) is 19.1. The molecule has 0 aliphatic carbocycles. The minimum atomic E-state index is -1.03. The maximum atomic E-state index is 11.1. The number of nitrogen functional groups attached to an aromatic ring is 1. The molecule has 6 N–H and O–H groups in total. The zero-order valence-corrected chi connectivity index (χ0v) is 16.2. The summed E-state index contributed by atoms with van der Waals surface area (Å²) in [6, 6.07) is 19.9. The number of phenols is 1. The Morgan fingerprint density at radius 1 is 1.00 bits per heavy atom. The number of fused-ring (bicyclic) bond motifs is 1. The van der Waals surface area contributed by atoms with Crippen LogP contribution in [0.25, 0.3) is 33.3 Å². The minimum absolute atomic E-state index is 0.00137. The molecule has 0 unspecified atom stereocenters. The van der Waals surface area contributed by atoms with Gasteiger partial charge in [0.1, 0.15) is 11.6 Å². The summed E-state index contributed by atoms with van der Waals surface area (Å²) in [5, 5.41) is 28.0. The maximum absolute atomic E-state index is 11.1. The fourth-order valence-corrected chi connectivity index (χ4v) is 3.36. The van der Waals surface area contributed by atoms with Crippen LogP contribution in [0.1, 0.15) is 5.56 Å². The first-order valence-electron chi connectivity index (χ1n) is 9.21. The number of hydrogen-bond acceptors (Lipinski definition) is 3. The van der Waals surface area contributed by atoms with E-state index >= 15 is 0 Å². The number of nitrogens with two attached hydrogens (primary N) is 1. The third kappa shape index (κ3) is 3.44. The summed E-state index contributed by atoms with van der Waals surface area (Å²) >= 11 is 0. The standard InChI is InChI=1S/C23H20N4O3/c1-27(23(29)30)17-6-2-13(3-7-17)14-5-9-21(28)18(11-14)20-12-16-10-15(22(24)25)4-8-19(16)26-20/h2-12,26,28H,1H3,(H3,24,25)(H,29,30). The van der Waals surface area contributed by atoms with Crippen molar-refractivity contribution < 1.29 is 15.0 Å². The number of H-pyrrole nitrogens is 1. The van der Waals surface area contributed by atoms with Crippen molar-refractivity contribution in [2.45, 2.75) is 0 Å². The highest BCUT2D eigenvalue weighted by molar-refractivity contribution is 5.99. The number of hydrogen-bond donors (Lipinski definition) is 5. The fraction of sp³-hybridized carbons (Fsp3) is 0.0435. The molecular weight excluding hydrogens is 380 g/mol. The number of carboxylic acid groups (broad SMARTS) is 1. The second-order valence-electron chi connectivity index (χ2n) is 7.02. The fourth-order valence-electron chi connectivity index (χ4n) is 3.36. The quantitative estimate of drug-likeness (QED) is 0.253. The van der Waals surface area contributed by atoms with Gasteiger partial charge < -0.3 is 20.9 Å². The number of aromatic hydroxyl groups is 1. The third-order valence-corrected chi connectivity index (χ3v) is 5.09. The van der Waals surface area contributed by atoms with Crippen molar-refractivity contribution in [3.05, 3.63) is 72.3 Å². The average Bonchev–Trinajstić information content (AvgIpc) is 3.16. The number of rotatable bonds is 4. The third-order valence-electron chi connectivity index (χ3n) is 5.09. The summed E-state index contributed by atoms with van der Waals surface area (Å²) in [5.41, 5.74) is 10.8. The number of amides is 1. The molecule has 0 fully saturated rings. The first-order valence-corrected chi connectivity index (χ1v) is 9.21. The van der Waals surface area contributed by atoms with E-state index in [4.69, 9.17) is 16.2 Å². The molecule has 0 radical (unpaired) electrons. The first-order chi connectivity index (χ1) is 14.3. The van der Waals surface area contributed by atoms with E-state index in [0.29, 0.717) is 16.8 Å². The number of anilines is 1. The van der Waals surface area contributed by atoms with E-state index in [1.165, 1.54) is 7.05 Å². The van der Waals surface area contributed by atoms with Gasteiger partial charge in [-0.25, -0.2) is 4.79 Å². The van der Waals surface area contributed by atoms with Gasteiger partial charge in [0.2, 0.25) is 0 Å². The van der Waals surface area contributed by atoms with Crippen molar-refractivity contribution in [2.75, 3.05) is 11.9 Å². The van der Waals surface area contributed by atoms with E-state index < -0.39 is 6.09 Å². The van der Waals surface area contributed by atoms with Crippen molar-refractivity contribution in [1.82, 2.24) is 4.98 Å². The monoisotopic (exact) mass is 400 g/mol. The molecule has 0 bridgehead atoms. The van der Waals surface area contributed by atoms with Crippen molar-refractivity contribution in [1.29, 1.82) is 5.41 Å². The summed E-state index contributed by atoms with van der Waals surface area (Å²) in [4.78, 5) is 15.5. The zero-order valence-electron chi connectivity index (χ0n) is 16.2. The van der Waals surface area contributed by atoms with Gasteiger partial charge in [0.25, 0.3) is 0 Å². The number of benzene rings is 3. The van der Waals surface area contributed by atoms with Gasteiger partial charge in [-0.1, -0.05) is 18.2 Å². The van der Waals surface area contributed by atoms with Gasteiger partial charge in [0, 0.05) is 34.8 Å². The molecule has 150 valence electrons. The molecule has 30 heavy (non-hydrogen) atoms. The topological polar surface area (TPSA) is 126 Å². The predicted molar refractivity (Wildman–Crippen MR) is 118 cm³/mol. The molecule has 4 rings (SSSR count). The van der Waals surface area contributed by atoms with Crippen molar-refractivity contribution in [3.63, 3.8) is 0 Å². The number of nitrogens with one attached hydrogen (secondary N) is 2. The van der Waals surface area contributed by atoms with Crippen LogP contribution in [-0.2, 0) is 0 Å². The number of phenolic OH excluding ortho intramolecular Hbond substituents is 1. The van der Waals surface area contributed by atoms with Crippen LogP contribution in [0.2, 0.25) is 0 Å². The largest absolute Gasteiger partial charge is 0.507 e. The molecule has 1 aromatic heterocycles. The second kappa shape index (κ2) is 7.29. The van der Waals surface area contributed by atoms with Crippen LogP contribution in [0.3, 0.4) is 0 Å². The highest BCUT2D eigenvalue weighted by Crippen LogP contribution is 2.35. The van der Waals surface area contributed by atoms with Gasteiger partial charge in [-0.15, -0.1) is 0 Å². The summed E-state index contributed by atoms with van der Waals surface area (Å²) in [6.45, 7) is 0. The SMILES string of the molecule is CN(C(=O)O)c1ccc(-c2ccc(O)c(-c3cc4cc(C(=N)N)ccc4[nH]3)c2)cc1. The van der Waals surface area contributed by atoms with Gasteiger partial charge in [-0.05, 0) is 59.7 Å². The normalized spacial score (nSPS) is 10.8. The Labute approximate surface area is 172 Å². The molecule has 0 saturated carbocycles. The van der Waals surface area contributed by atoms with E-state index in [0.717, 1.165) is 32.6 Å². The number of nitrogens with zero attached hydrogens (tertiary/aromatic N) is 1. The molecule has 0 saturated heterocycles. The molecule has 0 aliphatic heterocycles. The lowest BCUT2D eigenvalue weighted by molar-refractivity contribution is 0.203. The van der Waals surface area contributed by atoms with E-state index in [1.807, 2.05) is 42.5 Å². The summed E-state index contributed by atoms with van der Waals surface area (Å²) in [5.74, 6) is 0.140. The van der Waals surface area contributed by atoms with E-state index in [9.17, 15) is 9.90 Å². The van der Waals surface area contributed by atoms with E-state index in [2.05, 4.69) is 4.98 Å². The summed E-state index contributed by atoms with van der Waals surface area (Å²) < 4.78 is 0. The van der Waals surface area contributed by atoms with Crippen LogP contribution < -0.4 is 10.6 Å². The average molecular weight is 400 g/mol. The Hall–Kier alpha value is -4.26. The Morgan fingerprint density at radius 2 is 1.70 bits per heavy atom. The lowest BCUT2D eigenvalue weighted by Gasteiger charge is -2.13. The second-order valence-corrected chi connectivity index (χ2v) is 7.02. The lowest BCUT2D eigenvalue weighted by Crippen LogP contribution is -2.23. The molecule has 0 atom stereocenters.